The number of hydrogen-bond donors (Lipinski definition) is 0. The van der Waals surface area contributed by atoms with Gasteiger partial charge >= 0.3 is 0 Å². The zero-order valence-corrected chi connectivity index (χ0v) is 13.4. The minimum atomic E-state index is -3.12. The molecule has 18 heavy (non-hydrogen) atoms. The molecule has 0 amide bonds. The Balaban J connectivity index is 5.21. The van der Waals surface area contributed by atoms with E-state index in [2.05, 4.69) is 19.9 Å². The lowest BCUT2D eigenvalue weighted by molar-refractivity contribution is 0.459. The molecule has 0 aromatic heterocycles. The second-order valence-corrected chi connectivity index (χ2v) is 6.71. The van der Waals surface area contributed by atoms with Gasteiger partial charge in [0.15, 0.2) is 0 Å². The molecule has 0 bridgehead atoms. The quantitative estimate of drug-likeness (QED) is 0.667. The Labute approximate surface area is 113 Å². The summed E-state index contributed by atoms with van der Waals surface area (Å²) in [6.45, 7) is 11.2. The molecule has 0 aliphatic rings. The third-order valence-corrected chi connectivity index (χ3v) is 4.42. The molecule has 0 rings (SSSR count). The molecule has 0 aliphatic heterocycles. The fraction of sp³-hybridized carbons (Fsp3) is 0.714. The first-order valence-electron chi connectivity index (χ1n) is 6.57. The van der Waals surface area contributed by atoms with Crippen molar-refractivity contribution in [3.63, 3.8) is 0 Å². The van der Waals surface area contributed by atoms with Crippen LogP contribution in [0.15, 0.2) is 22.8 Å². The van der Waals surface area contributed by atoms with Crippen LogP contribution >= 0.6 is 0 Å². The third kappa shape index (κ3) is 5.83. The maximum Gasteiger partial charge on any atom is 0.211 e. The van der Waals surface area contributed by atoms with Crippen molar-refractivity contribution >= 4 is 10.0 Å². The van der Waals surface area contributed by atoms with E-state index in [9.17, 15) is 8.42 Å². The zero-order chi connectivity index (χ0) is 14.3. The van der Waals surface area contributed by atoms with Gasteiger partial charge in [0, 0.05) is 13.1 Å². The van der Waals surface area contributed by atoms with Crippen LogP contribution in [-0.2, 0) is 10.0 Å². The molecular weight excluding hydrogens is 246 g/mol. The molecule has 0 saturated heterocycles. The average molecular weight is 273 g/mol. The van der Waals surface area contributed by atoms with E-state index in [4.69, 9.17) is 0 Å². The smallest absolute Gasteiger partial charge is 0.211 e. The number of nitrogens with zero attached hydrogens (tertiary/aromatic N) is 1. The van der Waals surface area contributed by atoms with Gasteiger partial charge in [-0.05, 0) is 32.3 Å². The third-order valence-electron chi connectivity index (χ3n) is 3.10. The molecule has 0 aromatic carbocycles. The summed E-state index contributed by atoms with van der Waals surface area (Å²) in [4.78, 5) is 0. The first kappa shape index (κ1) is 17.4. The monoisotopic (exact) mass is 273 g/mol. The fourth-order valence-corrected chi connectivity index (χ4v) is 2.54. The van der Waals surface area contributed by atoms with E-state index in [1.54, 1.807) is 0 Å². The van der Waals surface area contributed by atoms with Crippen LogP contribution in [0, 0.1) is 0 Å². The Morgan fingerprint density at radius 1 is 1.11 bits per heavy atom. The van der Waals surface area contributed by atoms with Gasteiger partial charge < -0.3 is 0 Å². The van der Waals surface area contributed by atoms with Crippen LogP contribution in [0.4, 0.5) is 0 Å². The van der Waals surface area contributed by atoms with Gasteiger partial charge in [0.25, 0.3) is 0 Å². The number of likely N-dealkylation sites (N-methyl/N-ethyl adjacent to an activating group) is 1. The molecule has 0 N–H and O–H groups in total. The Hall–Kier alpha value is -0.610. The summed E-state index contributed by atoms with van der Waals surface area (Å²) in [6, 6.07) is 0. The van der Waals surface area contributed by atoms with Crippen molar-refractivity contribution in [2.45, 2.75) is 47.5 Å². The summed E-state index contributed by atoms with van der Waals surface area (Å²) in [6.07, 6.45) is 5.45. The topological polar surface area (TPSA) is 37.4 Å². The molecule has 106 valence electrons. The number of hydrogen-bond acceptors (Lipinski definition) is 2. The maximum absolute atomic E-state index is 11.6. The number of allylic oxidation sites excluding steroid dienone is 2. The minimum absolute atomic E-state index is 0.473. The SMILES string of the molecule is CCC(=CC(CN(CC)S(C)(=O)=O)=C(C)C)CC. The largest absolute Gasteiger partial charge is 0.212 e. The van der Waals surface area contributed by atoms with Gasteiger partial charge in [-0.15, -0.1) is 0 Å². The van der Waals surface area contributed by atoms with Crippen molar-refractivity contribution in [3.05, 3.63) is 22.8 Å². The molecule has 0 atom stereocenters. The lowest BCUT2D eigenvalue weighted by Gasteiger charge is -2.20. The number of rotatable bonds is 7. The minimum Gasteiger partial charge on any atom is -0.212 e. The zero-order valence-electron chi connectivity index (χ0n) is 12.6. The van der Waals surface area contributed by atoms with E-state index in [0.29, 0.717) is 13.1 Å². The Bertz CT molecular complexity index is 409. The molecule has 0 aliphatic carbocycles. The summed E-state index contributed by atoms with van der Waals surface area (Å²) in [5.41, 5.74) is 3.65. The van der Waals surface area contributed by atoms with E-state index < -0.39 is 10.0 Å². The molecule has 0 unspecified atom stereocenters. The van der Waals surface area contributed by atoms with Crippen LogP contribution in [-0.4, -0.2) is 32.1 Å². The Morgan fingerprint density at radius 2 is 1.61 bits per heavy atom. The van der Waals surface area contributed by atoms with Crippen molar-refractivity contribution in [3.8, 4) is 0 Å². The van der Waals surface area contributed by atoms with Crippen LogP contribution in [0.5, 0.6) is 0 Å². The van der Waals surface area contributed by atoms with Gasteiger partial charge in [0.05, 0.1) is 6.26 Å². The average Bonchev–Trinajstić information content (AvgIpc) is 2.27. The highest BCUT2D eigenvalue weighted by Gasteiger charge is 2.15. The molecule has 0 saturated carbocycles. The first-order chi connectivity index (χ1) is 8.26. The van der Waals surface area contributed by atoms with Gasteiger partial charge in [-0.1, -0.05) is 38.0 Å². The van der Waals surface area contributed by atoms with E-state index in [1.165, 1.54) is 21.7 Å². The fourth-order valence-electron chi connectivity index (χ4n) is 1.70. The summed E-state index contributed by atoms with van der Waals surface area (Å²) >= 11 is 0. The molecule has 0 fully saturated rings. The van der Waals surface area contributed by atoms with Gasteiger partial charge in [-0.3, -0.25) is 0 Å². The maximum atomic E-state index is 11.6. The second kappa shape index (κ2) is 7.74. The van der Waals surface area contributed by atoms with E-state index in [-0.39, 0.29) is 0 Å². The van der Waals surface area contributed by atoms with Crippen LogP contribution in [0.2, 0.25) is 0 Å². The molecule has 0 radical (unpaired) electrons. The highest BCUT2D eigenvalue weighted by molar-refractivity contribution is 7.88. The predicted octanol–water partition coefficient (Wildman–Crippen LogP) is 3.35. The van der Waals surface area contributed by atoms with Crippen LogP contribution in [0.25, 0.3) is 0 Å². The van der Waals surface area contributed by atoms with Crippen molar-refractivity contribution in [2.75, 3.05) is 19.3 Å². The van der Waals surface area contributed by atoms with Crippen molar-refractivity contribution < 1.29 is 8.42 Å². The summed E-state index contributed by atoms with van der Waals surface area (Å²) in [7, 11) is -3.12. The Kier molecular flexibility index (Phi) is 7.48. The molecule has 0 aromatic rings. The van der Waals surface area contributed by atoms with Crippen molar-refractivity contribution in [1.82, 2.24) is 4.31 Å². The molecule has 0 heterocycles. The molecule has 4 heteroatoms. The second-order valence-electron chi connectivity index (χ2n) is 4.72. The van der Waals surface area contributed by atoms with Crippen LogP contribution < -0.4 is 0 Å². The van der Waals surface area contributed by atoms with Gasteiger partial charge in [0.1, 0.15) is 0 Å². The highest BCUT2D eigenvalue weighted by Crippen LogP contribution is 2.16. The standard InChI is InChI=1S/C14H27NO2S/c1-7-13(8-2)10-14(12(4)5)11-15(9-3)18(6,16)17/h10H,7-9,11H2,1-6H3. The van der Waals surface area contributed by atoms with E-state index >= 15 is 0 Å². The van der Waals surface area contributed by atoms with E-state index in [1.807, 2.05) is 20.8 Å². The Morgan fingerprint density at radius 3 is 1.89 bits per heavy atom. The molecule has 0 spiro atoms. The van der Waals surface area contributed by atoms with Gasteiger partial charge in [-0.25, -0.2) is 8.42 Å². The first-order valence-corrected chi connectivity index (χ1v) is 8.41. The summed E-state index contributed by atoms with van der Waals surface area (Å²) in [5.74, 6) is 0. The lowest BCUT2D eigenvalue weighted by atomic mass is 10.0. The van der Waals surface area contributed by atoms with E-state index in [0.717, 1.165) is 18.4 Å². The normalized spacial score (nSPS) is 11.5. The summed E-state index contributed by atoms with van der Waals surface area (Å²) < 4.78 is 24.8. The molecule has 3 nitrogen and oxygen atoms in total. The van der Waals surface area contributed by atoms with Crippen LogP contribution in [0.1, 0.15) is 47.5 Å². The number of sulfonamides is 1. The highest BCUT2D eigenvalue weighted by atomic mass is 32.2. The molecular formula is C14H27NO2S. The van der Waals surface area contributed by atoms with Crippen molar-refractivity contribution in [2.24, 2.45) is 0 Å². The van der Waals surface area contributed by atoms with Crippen LogP contribution in [0.3, 0.4) is 0 Å². The summed E-state index contributed by atoms with van der Waals surface area (Å²) in [5, 5.41) is 0. The predicted molar refractivity (Wildman–Crippen MR) is 79.1 cm³/mol. The lowest BCUT2D eigenvalue weighted by Crippen LogP contribution is -2.31. The van der Waals surface area contributed by atoms with Gasteiger partial charge in [-0.2, -0.15) is 4.31 Å². The van der Waals surface area contributed by atoms with Crippen molar-refractivity contribution in [1.29, 1.82) is 0 Å². The van der Waals surface area contributed by atoms with Gasteiger partial charge in [0.2, 0.25) is 10.0 Å².